The summed E-state index contributed by atoms with van der Waals surface area (Å²) in [6.07, 6.45) is 28.8. The molecular weight excluding hydrogens is 412 g/mol. The summed E-state index contributed by atoms with van der Waals surface area (Å²) < 4.78 is 0. The van der Waals surface area contributed by atoms with Gasteiger partial charge in [-0.05, 0) is 48.6 Å². The van der Waals surface area contributed by atoms with Crippen molar-refractivity contribution in [1.29, 1.82) is 0 Å². The quantitative estimate of drug-likeness (QED) is 0.232. The highest BCUT2D eigenvalue weighted by Gasteiger charge is 2.20. The second-order valence-electron chi connectivity index (χ2n) is 10.9. The molecular formula is C32H50N2. The van der Waals surface area contributed by atoms with Crippen molar-refractivity contribution in [2.45, 2.75) is 129 Å². The van der Waals surface area contributed by atoms with E-state index in [0.717, 1.165) is 29.6 Å². The van der Waals surface area contributed by atoms with Crippen molar-refractivity contribution in [2.75, 3.05) is 0 Å². The lowest BCUT2D eigenvalue weighted by molar-refractivity contribution is 0.248. The molecule has 0 N–H and O–H groups in total. The Morgan fingerprint density at radius 2 is 1.15 bits per heavy atom. The molecule has 0 unspecified atom stereocenters. The van der Waals surface area contributed by atoms with Crippen LogP contribution in [0.25, 0.3) is 11.4 Å². The standard InChI is InChI=1S/C32H50N2/c1-3-5-7-9-11-13-27-15-17-28(18-16-27)19-20-29-21-23-31(24-22-29)32-33-25-30(26-34-32)14-12-10-8-6-4-2/h21-28H,3-20H2,1-2H3. The lowest BCUT2D eigenvalue weighted by Crippen LogP contribution is -2.15. The highest BCUT2D eigenvalue weighted by atomic mass is 14.9. The third-order valence-electron chi connectivity index (χ3n) is 8.01. The van der Waals surface area contributed by atoms with Crippen molar-refractivity contribution in [3.8, 4) is 11.4 Å². The molecule has 0 bridgehead atoms. The Balaban J connectivity index is 1.33. The summed E-state index contributed by atoms with van der Waals surface area (Å²) in [4.78, 5) is 9.29. The fourth-order valence-electron chi connectivity index (χ4n) is 5.60. The summed E-state index contributed by atoms with van der Waals surface area (Å²) >= 11 is 0. The Kier molecular flexibility index (Phi) is 12.7. The van der Waals surface area contributed by atoms with Crippen molar-refractivity contribution in [1.82, 2.24) is 9.97 Å². The molecule has 0 amide bonds. The minimum Gasteiger partial charge on any atom is -0.236 e. The van der Waals surface area contributed by atoms with E-state index in [9.17, 15) is 0 Å². The van der Waals surface area contributed by atoms with Crippen molar-refractivity contribution in [2.24, 2.45) is 11.8 Å². The second-order valence-corrected chi connectivity index (χ2v) is 10.9. The maximum Gasteiger partial charge on any atom is 0.159 e. The van der Waals surface area contributed by atoms with E-state index in [4.69, 9.17) is 0 Å². The number of benzene rings is 1. The first-order chi connectivity index (χ1) is 16.8. The van der Waals surface area contributed by atoms with Crippen LogP contribution < -0.4 is 0 Å². The maximum atomic E-state index is 4.64. The fourth-order valence-corrected chi connectivity index (χ4v) is 5.60. The lowest BCUT2D eigenvalue weighted by Gasteiger charge is -2.28. The molecule has 1 saturated carbocycles. The van der Waals surface area contributed by atoms with Crippen LogP contribution in [0.4, 0.5) is 0 Å². The van der Waals surface area contributed by atoms with Gasteiger partial charge in [0.15, 0.2) is 5.82 Å². The van der Waals surface area contributed by atoms with Crippen molar-refractivity contribution in [3.63, 3.8) is 0 Å². The van der Waals surface area contributed by atoms with Crippen LogP contribution in [0.15, 0.2) is 36.7 Å². The third kappa shape index (κ3) is 9.88. The van der Waals surface area contributed by atoms with E-state index >= 15 is 0 Å². The van der Waals surface area contributed by atoms with Gasteiger partial charge in [0.1, 0.15) is 0 Å². The Hall–Kier alpha value is -1.70. The van der Waals surface area contributed by atoms with E-state index in [1.165, 1.54) is 120 Å². The summed E-state index contributed by atoms with van der Waals surface area (Å²) in [5, 5.41) is 0. The van der Waals surface area contributed by atoms with Gasteiger partial charge in [-0.2, -0.15) is 0 Å². The van der Waals surface area contributed by atoms with Gasteiger partial charge in [-0.1, -0.05) is 128 Å². The highest BCUT2D eigenvalue weighted by molar-refractivity contribution is 5.55. The van der Waals surface area contributed by atoms with E-state index in [0.29, 0.717) is 0 Å². The van der Waals surface area contributed by atoms with E-state index in [1.807, 2.05) is 12.4 Å². The zero-order valence-corrected chi connectivity index (χ0v) is 22.2. The van der Waals surface area contributed by atoms with E-state index in [1.54, 1.807) is 0 Å². The summed E-state index contributed by atoms with van der Waals surface area (Å²) in [5.41, 5.74) is 3.87. The van der Waals surface area contributed by atoms with Gasteiger partial charge in [0, 0.05) is 18.0 Å². The van der Waals surface area contributed by atoms with Crippen molar-refractivity contribution in [3.05, 3.63) is 47.8 Å². The zero-order valence-electron chi connectivity index (χ0n) is 22.2. The van der Waals surface area contributed by atoms with Gasteiger partial charge >= 0.3 is 0 Å². The summed E-state index contributed by atoms with van der Waals surface area (Å²) in [5.74, 6) is 2.81. The Morgan fingerprint density at radius 1 is 0.588 bits per heavy atom. The van der Waals surface area contributed by atoms with Gasteiger partial charge < -0.3 is 0 Å². The molecule has 1 aromatic heterocycles. The minimum atomic E-state index is 0.856. The normalized spacial score (nSPS) is 18.3. The minimum absolute atomic E-state index is 0.856. The topological polar surface area (TPSA) is 25.8 Å². The Labute approximate surface area is 210 Å². The number of hydrogen-bond acceptors (Lipinski definition) is 2. The van der Waals surface area contributed by atoms with Gasteiger partial charge in [0.2, 0.25) is 0 Å². The third-order valence-corrected chi connectivity index (χ3v) is 8.01. The van der Waals surface area contributed by atoms with Crippen LogP contribution in [0.5, 0.6) is 0 Å². The average molecular weight is 463 g/mol. The van der Waals surface area contributed by atoms with Gasteiger partial charge in [-0.25, -0.2) is 9.97 Å². The molecule has 1 fully saturated rings. The molecule has 1 aliphatic rings. The van der Waals surface area contributed by atoms with Crippen LogP contribution in [0, 0.1) is 11.8 Å². The molecule has 0 radical (unpaired) electrons. The van der Waals surface area contributed by atoms with Gasteiger partial charge in [-0.3, -0.25) is 0 Å². The first kappa shape index (κ1) is 26.9. The number of hydrogen-bond donors (Lipinski definition) is 0. The molecule has 0 atom stereocenters. The largest absolute Gasteiger partial charge is 0.236 e. The first-order valence-corrected chi connectivity index (χ1v) is 14.7. The summed E-state index contributed by atoms with van der Waals surface area (Å²) in [6.45, 7) is 4.57. The summed E-state index contributed by atoms with van der Waals surface area (Å²) in [7, 11) is 0. The molecule has 188 valence electrons. The summed E-state index contributed by atoms with van der Waals surface area (Å²) in [6, 6.07) is 9.01. The van der Waals surface area contributed by atoms with Crippen molar-refractivity contribution >= 4 is 0 Å². The van der Waals surface area contributed by atoms with Crippen LogP contribution in [0.1, 0.15) is 128 Å². The average Bonchev–Trinajstić information content (AvgIpc) is 2.89. The molecule has 34 heavy (non-hydrogen) atoms. The van der Waals surface area contributed by atoms with Crippen LogP contribution in [-0.2, 0) is 12.8 Å². The first-order valence-electron chi connectivity index (χ1n) is 14.7. The molecule has 0 spiro atoms. The fraction of sp³-hybridized carbons (Fsp3) is 0.688. The van der Waals surface area contributed by atoms with Crippen molar-refractivity contribution < 1.29 is 0 Å². The number of aromatic nitrogens is 2. The second kappa shape index (κ2) is 16.1. The highest BCUT2D eigenvalue weighted by Crippen LogP contribution is 2.34. The smallest absolute Gasteiger partial charge is 0.159 e. The van der Waals surface area contributed by atoms with E-state index < -0.39 is 0 Å². The monoisotopic (exact) mass is 462 g/mol. The zero-order chi connectivity index (χ0) is 23.8. The number of rotatable bonds is 16. The van der Waals surface area contributed by atoms with Gasteiger partial charge in [-0.15, -0.1) is 0 Å². The van der Waals surface area contributed by atoms with Crippen LogP contribution in [0.3, 0.4) is 0 Å². The molecule has 3 rings (SSSR count). The predicted molar refractivity (Wildman–Crippen MR) is 147 cm³/mol. The molecule has 1 heterocycles. The number of unbranched alkanes of at least 4 members (excludes halogenated alkanes) is 8. The Morgan fingerprint density at radius 3 is 1.76 bits per heavy atom. The maximum absolute atomic E-state index is 4.64. The number of aryl methyl sites for hydroxylation is 2. The lowest BCUT2D eigenvalue weighted by atomic mass is 9.77. The van der Waals surface area contributed by atoms with Gasteiger partial charge in [0.05, 0.1) is 0 Å². The molecule has 1 aliphatic carbocycles. The molecule has 2 aromatic rings. The number of nitrogens with zero attached hydrogens (tertiary/aromatic N) is 2. The molecule has 2 heteroatoms. The molecule has 0 aliphatic heterocycles. The molecule has 2 nitrogen and oxygen atoms in total. The van der Waals surface area contributed by atoms with Gasteiger partial charge in [0.25, 0.3) is 0 Å². The SMILES string of the molecule is CCCCCCCc1cnc(-c2ccc(CCC3CCC(CCCCCCC)CC3)cc2)nc1. The Bertz CT molecular complexity index is 757. The van der Waals surface area contributed by atoms with E-state index in [-0.39, 0.29) is 0 Å². The molecule has 0 saturated heterocycles. The van der Waals surface area contributed by atoms with Crippen LogP contribution >= 0.6 is 0 Å². The predicted octanol–water partition coefficient (Wildman–Crippen LogP) is 9.76. The van der Waals surface area contributed by atoms with E-state index in [2.05, 4.69) is 48.1 Å². The van der Waals surface area contributed by atoms with Crippen LogP contribution in [-0.4, -0.2) is 9.97 Å². The molecule has 1 aromatic carbocycles. The van der Waals surface area contributed by atoms with Crippen LogP contribution in [0.2, 0.25) is 0 Å².